The van der Waals surface area contributed by atoms with Gasteiger partial charge in [-0.25, -0.2) is 9.69 Å². The number of benzene rings is 4. The van der Waals surface area contributed by atoms with Crippen molar-refractivity contribution in [2.24, 2.45) is 0 Å². The Hall–Kier alpha value is -4.42. The molecule has 4 amide bonds. The van der Waals surface area contributed by atoms with Gasteiger partial charge in [-0.3, -0.25) is 14.9 Å². The summed E-state index contributed by atoms with van der Waals surface area (Å²) in [6, 6.07) is 23.4. The lowest BCUT2D eigenvalue weighted by atomic mass is 9.99. The molecule has 5 rings (SSSR count). The van der Waals surface area contributed by atoms with Crippen LogP contribution in [-0.4, -0.2) is 17.8 Å². The minimum Gasteiger partial charge on any atom is -0.488 e. The first kappa shape index (κ1) is 24.3. The zero-order valence-electron chi connectivity index (χ0n) is 20.2. The van der Waals surface area contributed by atoms with Gasteiger partial charge in [-0.2, -0.15) is 0 Å². The van der Waals surface area contributed by atoms with Crippen LogP contribution in [0.3, 0.4) is 0 Å². The summed E-state index contributed by atoms with van der Waals surface area (Å²) < 4.78 is 6.16. The van der Waals surface area contributed by atoms with E-state index in [1.54, 1.807) is 12.1 Å². The average molecular weight is 511 g/mol. The number of barbiturate groups is 1. The summed E-state index contributed by atoms with van der Waals surface area (Å²) in [6.07, 6.45) is 1.49. The van der Waals surface area contributed by atoms with E-state index < -0.39 is 17.8 Å². The van der Waals surface area contributed by atoms with Crippen LogP contribution in [-0.2, 0) is 16.2 Å². The van der Waals surface area contributed by atoms with Gasteiger partial charge in [0.15, 0.2) is 0 Å². The number of amides is 4. The van der Waals surface area contributed by atoms with E-state index in [1.807, 2.05) is 74.5 Å². The number of carbonyl (C=O) groups excluding carboxylic acids is 3. The summed E-state index contributed by atoms with van der Waals surface area (Å²) in [5.41, 5.74) is 3.58. The highest BCUT2D eigenvalue weighted by Gasteiger charge is 2.37. The van der Waals surface area contributed by atoms with Crippen molar-refractivity contribution in [1.29, 1.82) is 0 Å². The number of rotatable bonds is 5. The molecule has 0 saturated carbocycles. The third kappa shape index (κ3) is 4.84. The Bertz CT molecular complexity index is 1590. The highest BCUT2D eigenvalue weighted by Crippen LogP contribution is 2.33. The largest absolute Gasteiger partial charge is 0.488 e. The molecule has 4 aromatic rings. The number of hydrogen-bond donors (Lipinski definition) is 1. The number of halogens is 1. The number of imide groups is 2. The second kappa shape index (κ2) is 9.91. The summed E-state index contributed by atoms with van der Waals surface area (Å²) in [5.74, 6) is -1.01. The fourth-order valence-corrected chi connectivity index (χ4v) is 4.33. The maximum absolute atomic E-state index is 13.5. The number of aryl methyl sites for hydroxylation is 2. The lowest BCUT2D eigenvalue weighted by Gasteiger charge is -2.27. The van der Waals surface area contributed by atoms with Crippen molar-refractivity contribution in [1.82, 2.24) is 5.32 Å². The van der Waals surface area contributed by atoms with E-state index in [2.05, 4.69) is 5.32 Å². The number of hydrogen-bond acceptors (Lipinski definition) is 4. The molecule has 7 heteroatoms. The van der Waals surface area contributed by atoms with Gasteiger partial charge in [0.25, 0.3) is 11.8 Å². The third-order valence-corrected chi connectivity index (χ3v) is 6.66. The van der Waals surface area contributed by atoms with Gasteiger partial charge in [0.05, 0.1) is 5.69 Å². The fourth-order valence-electron chi connectivity index (χ4n) is 4.15. The number of nitrogens with zero attached hydrogens (tertiary/aromatic N) is 1. The number of urea groups is 1. The van der Waals surface area contributed by atoms with E-state index in [9.17, 15) is 14.4 Å². The zero-order chi connectivity index (χ0) is 26.1. The third-order valence-electron chi connectivity index (χ3n) is 6.25. The molecule has 0 spiro atoms. The molecule has 0 radical (unpaired) electrons. The van der Waals surface area contributed by atoms with Gasteiger partial charge in [-0.15, -0.1) is 0 Å². The summed E-state index contributed by atoms with van der Waals surface area (Å²) in [7, 11) is 0. The Morgan fingerprint density at radius 3 is 2.43 bits per heavy atom. The summed E-state index contributed by atoms with van der Waals surface area (Å²) in [6.45, 7) is 4.14. The molecule has 0 aliphatic carbocycles. The molecule has 4 aromatic carbocycles. The number of anilines is 1. The number of ether oxygens (including phenoxy) is 1. The number of fused-ring (bicyclic) bond motifs is 1. The van der Waals surface area contributed by atoms with Gasteiger partial charge < -0.3 is 4.74 Å². The number of nitrogens with one attached hydrogen (secondary N) is 1. The minimum absolute atomic E-state index is 0.187. The van der Waals surface area contributed by atoms with E-state index >= 15 is 0 Å². The van der Waals surface area contributed by atoms with Crippen LogP contribution in [0.1, 0.15) is 22.3 Å². The SMILES string of the molecule is Cc1ccc(COc2ccc3ccccc3c2/C=C2\C(=O)NC(=O)N(c3ccc(C)c(Cl)c3)C2=O)cc1. The lowest BCUT2D eigenvalue weighted by molar-refractivity contribution is -0.122. The molecule has 0 atom stereocenters. The van der Waals surface area contributed by atoms with E-state index in [0.29, 0.717) is 22.9 Å². The molecule has 1 aliphatic rings. The monoisotopic (exact) mass is 510 g/mol. The molecular formula is C30H23ClN2O4. The highest BCUT2D eigenvalue weighted by atomic mass is 35.5. The van der Waals surface area contributed by atoms with Crippen LogP contribution in [0.5, 0.6) is 5.75 Å². The van der Waals surface area contributed by atoms with E-state index in [0.717, 1.165) is 32.4 Å². The van der Waals surface area contributed by atoms with Crippen LogP contribution < -0.4 is 15.0 Å². The van der Waals surface area contributed by atoms with Gasteiger partial charge in [0.1, 0.15) is 17.9 Å². The Labute approximate surface area is 219 Å². The lowest BCUT2D eigenvalue weighted by Crippen LogP contribution is -2.54. The van der Waals surface area contributed by atoms with Crippen molar-refractivity contribution in [2.75, 3.05) is 4.90 Å². The quantitative estimate of drug-likeness (QED) is 0.250. The maximum Gasteiger partial charge on any atom is 0.335 e. The van der Waals surface area contributed by atoms with Crippen LogP contribution in [0.25, 0.3) is 16.8 Å². The van der Waals surface area contributed by atoms with Crippen LogP contribution in [0.15, 0.2) is 84.4 Å². The van der Waals surface area contributed by atoms with E-state index in [-0.39, 0.29) is 11.3 Å². The van der Waals surface area contributed by atoms with Gasteiger partial charge in [0.2, 0.25) is 0 Å². The van der Waals surface area contributed by atoms with Crippen LogP contribution in [0, 0.1) is 13.8 Å². The molecule has 1 N–H and O–H groups in total. The van der Waals surface area contributed by atoms with Gasteiger partial charge in [0, 0.05) is 10.6 Å². The average Bonchev–Trinajstić information content (AvgIpc) is 2.88. The summed E-state index contributed by atoms with van der Waals surface area (Å²) >= 11 is 6.24. The molecule has 0 bridgehead atoms. The second-order valence-corrected chi connectivity index (χ2v) is 9.27. The molecular weight excluding hydrogens is 488 g/mol. The minimum atomic E-state index is -0.833. The van der Waals surface area contributed by atoms with Gasteiger partial charge in [-0.05, 0) is 60.0 Å². The number of carbonyl (C=O) groups is 3. The molecule has 0 unspecified atom stereocenters. The van der Waals surface area contributed by atoms with Crippen molar-refractivity contribution in [3.63, 3.8) is 0 Å². The van der Waals surface area contributed by atoms with Crippen LogP contribution in [0.2, 0.25) is 5.02 Å². The van der Waals surface area contributed by atoms with E-state index in [1.165, 1.54) is 12.1 Å². The Kier molecular flexibility index (Phi) is 6.51. The standard InChI is InChI=1S/C30H23ClN2O4/c1-18-7-10-20(11-8-18)17-37-27-14-12-21-5-3-4-6-23(21)24(27)16-25-28(34)32-30(36)33(29(25)35)22-13-9-19(2)26(31)15-22/h3-16H,17H2,1-2H3,(H,32,34,36)/b25-16+. The van der Waals surface area contributed by atoms with Crippen LogP contribution >= 0.6 is 11.6 Å². The fraction of sp³-hybridized carbons (Fsp3) is 0.100. The highest BCUT2D eigenvalue weighted by molar-refractivity contribution is 6.40. The first-order valence-electron chi connectivity index (χ1n) is 11.7. The van der Waals surface area contributed by atoms with Crippen molar-refractivity contribution < 1.29 is 19.1 Å². The predicted octanol–water partition coefficient (Wildman–Crippen LogP) is 6.36. The first-order chi connectivity index (χ1) is 17.8. The summed E-state index contributed by atoms with van der Waals surface area (Å²) in [4.78, 5) is 39.9. The Morgan fingerprint density at radius 2 is 1.68 bits per heavy atom. The smallest absolute Gasteiger partial charge is 0.335 e. The second-order valence-electron chi connectivity index (χ2n) is 8.86. The molecule has 37 heavy (non-hydrogen) atoms. The molecule has 0 aromatic heterocycles. The van der Waals surface area contributed by atoms with Crippen molar-refractivity contribution in [3.8, 4) is 5.75 Å². The van der Waals surface area contributed by atoms with Crippen molar-refractivity contribution in [3.05, 3.63) is 112 Å². The Morgan fingerprint density at radius 1 is 0.919 bits per heavy atom. The zero-order valence-corrected chi connectivity index (χ0v) is 21.0. The van der Waals surface area contributed by atoms with E-state index in [4.69, 9.17) is 16.3 Å². The molecule has 1 fully saturated rings. The Balaban J connectivity index is 1.58. The van der Waals surface area contributed by atoms with Gasteiger partial charge >= 0.3 is 6.03 Å². The first-order valence-corrected chi connectivity index (χ1v) is 12.1. The normalized spacial score (nSPS) is 14.8. The van der Waals surface area contributed by atoms with Crippen LogP contribution in [0.4, 0.5) is 10.5 Å². The topological polar surface area (TPSA) is 75.7 Å². The van der Waals surface area contributed by atoms with Crippen molar-refractivity contribution >= 4 is 52.0 Å². The van der Waals surface area contributed by atoms with Gasteiger partial charge in [-0.1, -0.05) is 77.8 Å². The molecule has 184 valence electrons. The molecule has 1 aliphatic heterocycles. The summed E-state index contributed by atoms with van der Waals surface area (Å²) in [5, 5.41) is 4.39. The maximum atomic E-state index is 13.5. The molecule has 1 heterocycles. The predicted molar refractivity (Wildman–Crippen MR) is 145 cm³/mol. The van der Waals surface area contributed by atoms with Crippen molar-refractivity contribution in [2.45, 2.75) is 20.5 Å². The molecule has 6 nitrogen and oxygen atoms in total. The molecule has 1 saturated heterocycles.